The van der Waals surface area contributed by atoms with Crippen molar-refractivity contribution in [1.29, 1.82) is 0 Å². The van der Waals surface area contributed by atoms with Gasteiger partial charge in [0.1, 0.15) is 17.9 Å². The van der Waals surface area contributed by atoms with E-state index in [1.807, 2.05) is 6.92 Å². The average Bonchev–Trinajstić information content (AvgIpc) is 2.73. The Kier molecular flexibility index (Phi) is 6.31. The van der Waals surface area contributed by atoms with E-state index in [-0.39, 0.29) is 40.2 Å². The summed E-state index contributed by atoms with van der Waals surface area (Å²) in [5.41, 5.74) is 0.167. The van der Waals surface area contributed by atoms with Crippen LogP contribution in [0.1, 0.15) is 25.8 Å². The van der Waals surface area contributed by atoms with Crippen molar-refractivity contribution in [1.82, 2.24) is 4.57 Å². The molecule has 0 radical (unpaired) electrons. The summed E-state index contributed by atoms with van der Waals surface area (Å²) in [6.07, 6.45) is 0.732. The van der Waals surface area contributed by atoms with Crippen LogP contribution in [0.5, 0.6) is 17.2 Å². The molecule has 0 unspecified atom stereocenters. The monoisotopic (exact) mass is 436 g/mol. The van der Waals surface area contributed by atoms with Gasteiger partial charge in [0.05, 0.1) is 31.9 Å². The van der Waals surface area contributed by atoms with E-state index in [9.17, 15) is 14.7 Å². The van der Waals surface area contributed by atoms with Crippen LogP contribution in [-0.4, -0.2) is 53.9 Å². The van der Waals surface area contributed by atoms with E-state index in [1.165, 1.54) is 14.2 Å². The maximum Gasteiger partial charge on any atom is 0.326 e. The Labute approximate surface area is 177 Å². The molecule has 0 aliphatic carbocycles. The summed E-state index contributed by atoms with van der Waals surface area (Å²) >= 11 is 6.37. The molecule has 1 aromatic heterocycles. The fourth-order valence-corrected chi connectivity index (χ4v) is 3.58. The fraction of sp³-hybridized carbons (Fsp3) is 0.400. The molecule has 0 spiro atoms. The van der Waals surface area contributed by atoms with Crippen LogP contribution in [0.2, 0.25) is 0 Å². The second kappa shape index (κ2) is 8.74. The van der Waals surface area contributed by atoms with E-state index in [2.05, 4.69) is 9.98 Å². The Bertz CT molecular complexity index is 1140. The number of aromatic nitrogens is 1. The number of benzene rings is 1. The molecule has 30 heavy (non-hydrogen) atoms. The lowest BCUT2D eigenvalue weighted by Crippen LogP contribution is -2.29. The number of ether oxygens (including phenoxy) is 3. The van der Waals surface area contributed by atoms with Gasteiger partial charge < -0.3 is 19.3 Å². The van der Waals surface area contributed by atoms with Gasteiger partial charge in [0.15, 0.2) is 22.4 Å². The van der Waals surface area contributed by atoms with Crippen molar-refractivity contribution < 1.29 is 24.1 Å². The van der Waals surface area contributed by atoms with E-state index in [1.54, 1.807) is 13.0 Å². The average molecular weight is 437 g/mol. The second-order valence-corrected chi connectivity index (χ2v) is 6.77. The molecular formula is C20H22ClN3O6. The highest BCUT2D eigenvalue weighted by molar-refractivity contribution is 6.87. The summed E-state index contributed by atoms with van der Waals surface area (Å²) < 4.78 is 16.9. The van der Waals surface area contributed by atoms with Crippen molar-refractivity contribution in [2.75, 3.05) is 27.4 Å². The summed E-state index contributed by atoms with van der Waals surface area (Å²) in [5.74, 6) is -0.637. The number of carbonyl (C=O) groups is 1. The second-order valence-electron chi connectivity index (χ2n) is 6.41. The van der Waals surface area contributed by atoms with Gasteiger partial charge >= 0.3 is 5.97 Å². The zero-order valence-corrected chi connectivity index (χ0v) is 17.9. The summed E-state index contributed by atoms with van der Waals surface area (Å²) in [5, 5.41) is 11.2. The third-order valence-electron chi connectivity index (χ3n) is 4.58. The molecule has 0 fully saturated rings. The molecule has 9 nitrogen and oxygen atoms in total. The molecule has 0 saturated carbocycles. The van der Waals surface area contributed by atoms with Gasteiger partial charge in [0.2, 0.25) is 0 Å². The lowest BCUT2D eigenvalue weighted by atomic mass is 9.98. The predicted octanol–water partition coefficient (Wildman–Crippen LogP) is 2.77. The highest BCUT2D eigenvalue weighted by atomic mass is 35.5. The first-order valence-electron chi connectivity index (χ1n) is 9.38. The third kappa shape index (κ3) is 3.49. The smallest absolute Gasteiger partial charge is 0.326 e. The van der Waals surface area contributed by atoms with E-state index in [4.69, 9.17) is 25.8 Å². The van der Waals surface area contributed by atoms with Gasteiger partial charge in [-0.05, 0) is 13.3 Å². The van der Waals surface area contributed by atoms with Gasteiger partial charge in [-0.2, -0.15) is 0 Å². The van der Waals surface area contributed by atoms with Gasteiger partial charge in [-0.3, -0.25) is 19.1 Å². The van der Waals surface area contributed by atoms with Crippen molar-refractivity contribution >= 4 is 45.0 Å². The Hall–Kier alpha value is -3.07. The highest BCUT2D eigenvalue weighted by Gasteiger charge is 2.32. The van der Waals surface area contributed by atoms with Crippen LogP contribution in [0.15, 0.2) is 20.8 Å². The highest BCUT2D eigenvalue weighted by Crippen LogP contribution is 2.48. The molecule has 1 aliphatic rings. The van der Waals surface area contributed by atoms with Crippen LogP contribution in [-0.2, 0) is 16.1 Å². The molecule has 0 amide bonds. The standard InChI is InChI=1S/C20H22ClN3O6/c1-5-7-22-16-14-13-10(24(20(27)17(14)26)9-12(25)30-6-2)8-11(28-3)18(29-4)15(13)23-19(16)21/h8,26H,5-7,9H2,1-4H3/i22+1. The summed E-state index contributed by atoms with van der Waals surface area (Å²) in [7, 11) is 2.88. The molecule has 2 aromatic rings. The molecule has 1 aromatic carbocycles. The van der Waals surface area contributed by atoms with Crippen molar-refractivity contribution in [2.45, 2.75) is 26.8 Å². The van der Waals surface area contributed by atoms with E-state index in [0.29, 0.717) is 17.4 Å². The van der Waals surface area contributed by atoms with Gasteiger partial charge in [-0.1, -0.05) is 18.5 Å². The van der Waals surface area contributed by atoms with Gasteiger partial charge in [0.25, 0.3) is 5.56 Å². The van der Waals surface area contributed by atoms with Crippen LogP contribution >= 0.6 is 11.6 Å². The number of aromatic hydroxyl groups is 1. The Morgan fingerprint density at radius 2 is 2.03 bits per heavy atom. The number of methoxy groups -OCH3 is 2. The molecule has 1 aliphatic heterocycles. The normalized spacial score (nSPS) is 14.0. The third-order valence-corrected chi connectivity index (χ3v) is 4.84. The lowest BCUT2D eigenvalue weighted by molar-refractivity contribution is -0.143. The lowest BCUT2D eigenvalue weighted by Gasteiger charge is -2.23. The Balaban J connectivity index is 2.48. The number of pyridine rings is 1. The van der Waals surface area contributed by atoms with Crippen LogP contribution in [0.25, 0.3) is 10.9 Å². The van der Waals surface area contributed by atoms with Crippen LogP contribution in [0.3, 0.4) is 0 Å². The first kappa shape index (κ1) is 21.6. The van der Waals surface area contributed by atoms with Crippen molar-refractivity contribution in [3.05, 3.63) is 22.0 Å². The number of nitrogens with zero attached hydrogens (tertiary/aromatic N) is 3. The minimum Gasteiger partial charge on any atom is -0.503 e. The molecule has 1 N–H and O–H groups in total. The summed E-state index contributed by atoms with van der Waals surface area (Å²) in [6.45, 7) is 3.79. The number of esters is 1. The minimum atomic E-state index is -0.778. The summed E-state index contributed by atoms with van der Waals surface area (Å²) in [4.78, 5) is 33.9. The van der Waals surface area contributed by atoms with E-state index < -0.39 is 23.8 Å². The topological polar surface area (TPSA) is 112 Å². The van der Waals surface area contributed by atoms with Gasteiger partial charge in [0, 0.05) is 18.0 Å². The van der Waals surface area contributed by atoms with Crippen LogP contribution in [0.4, 0.5) is 5.69 Å². The molecule has 10 heteroatoms. The zero-order chi connectivity index (χ0) is 22.0. The Morgan fingerprint density at radius 3 is 2.63 bits per heavy atom. The number of halogens is 1. The first-order chi connectivity index (χ1) is 14.4. The quantitative estimate of drug-likeness (QED) is 0.527. The zero-order valence-electron chi connectivity index (χ0n) is 17.1. The van der Waals surface area contributed by atoms with Crippen molar-refractivity contribution in [3.63, 3.8) is 0 Å². The number of hydrogen-bond acceptors (Lipinski definition) is 8. The molecule has 160 valence electrons. The van der Waals surface area contributed by atoms with Crippen LogP contribution < -0.4 is 15.0 Å². The Morgan fingerprint density at radius 1 is 1.30 bits per heavy atom. The molecule has 3 rings (SSSR count). The first-order valence-corrected chi connectivity index (χ1v) is 9.76. The molecule has 2 heterocycles. The number of carbonyl (C=O) groups excluding carboxylic acids is 1. The maximum absolute atomic E-state index is 13.0. The maximum atomic E-state index is 13.0. The number of rotatable bonds is 7. The van der Waals surface area contributed by atoms with Crippen LogP contribution in [0, 0.1) is 0 Å². The minimum absolute atomic E-state index is 0.0154. The molecule has 0 saturated heterocycles. The van der Waals surface area contributed by atoms with E-state index in [0.717, 1.165) is 11.0 Å². The summed E-state index contributed by atoms with van der Waals surface area (Å²) in [6, 6.07) is 1.55. The van der Waals surface area contributed by atoms with Gasteiger partial charge in [-0.25, -0.2) is 4.99 Å². The molecule has 0 bridgehead atoms. The van der Waals surface area contributed by atoms with Crippen molar-refractivity contribution in [2.24, 2.45) is 9.98 Å². The van der Waals surface area contributed by atoms with Crippen molar-refractivity contribution in [3.8, 4) is 17.2 Å². The predicted molar refractivity (Wildman–Crippen MR) is 114 cm³/mol. The SMILES string of the molecule is CCC[15N]=C1C(Cl)=Nc2c(OC)c(OC)cc3c2c1c(O)c(=O)n3CC(=O)OCC. The van der Waals surface area contributed by atoms with E-state index >= 15 is 0 Å². The fourth-order valence-electron chi connectivity index (χ4n) is 3.34. The molecule has 0 atom stereocenters. The largest absolute Gasteiger partial charge is 0.503 e. The molecular weight excluding hydrogens is 415 g/mol. The number of aliphatic imine (C=N–C) groups is 2. The number of hydrogen-bond donors (Lipinski definition) is 1. The van der Waals surface area contributed by atoms with Gasteiger partial charge in [-0.15, -0.1) is 0 Å².